The molecule has 8 heteroatoms. The summed E-state index contributed by atoms with van der Waals surface area (Å²) >= 11 is 0. The zero-order valence-corrected chi connectivity index (χ0v) is 7.31. The van der Waals surface area contributed by atoms with E-state index in [1.54, 1.807) is 12.1 Å². The van der Waals surface area contributed by atoms with Crippen LogP contribution in [-0.2, 0) is 13.7 Å². The van der Waals surface area contributed by atoms with E-state index >= 15 is 0 Å². The molecule has 0 amide bonds. The summed E-state index contributed by atoms with van der Waals surface area (Å²) in [5.74, 6) is -0.356. The molecule has 0 spiro atoms. The molecule has 1 aliphatic heterocycles. The average Bonchev–Trinajstić information content (AvgIpc) is 2.23. The van der Waals surface area contributed by atoms with Crippen LogP contribution in [0.1, 0.15) is 0 Å². The van der Waals surface area contributed by atoms with Gasteiger partial charge in [0.05, 0.1) is 0 Å². The lowest BCUT2D eigenvalue weighted by atomic mass is 10.1. The summed E-state index contributed by atoms with van der Waals surface area (Å²) in [6, 6.07) is 6.04. The van der Waals surface area contributed by atoms with Crippen molar-refractivity contribution in [2.24, 2.45) is 0 Å². The van der Waals surface area contributed by atoms with Crippen LogP contribution in [0.15, 0.2) is 24.3 Å². The van der Waals surface area contributed by atoms with E-state index < -0.39 is 13.1 Å². The fraction of sp³-hybridized carbons (Fsp3) is 0. The lowest BCUT2D eigenvalue weighted by Gasteiger charge is -2.18. The van der Waals surface area contributed by atoms with Crippen LogP contribution < -0.4 is 4.65 Å². The van der Waals surface area contributed by atoms with E-state index in [1.165, 1.54) is 12.1 Å². The smallest absolute Gasteiger partial charge is 0.511 e. The molecule has 4 nitrogen and oxygen atoms in total. The minimum Gasteiger partial charge on any atom is -0.511 e. The number of halogens is 1. The van der Waals surface area contributed by atoms with E-state index in [1.807, 2.05) is 0 Å². The van der Waals surface area contributed by atoms with Crippen LogP contribution in [0.3, 0.4) is 0 Å². The summed E-state index contributed by atoms with van der Waals surface area (Å²) in [6.45, 7) is 0. The van der Waals surface area contributed by atoms with Gasteiger partial charge in [0.25, 0.3) is 0 Å². The van der Waals surface area contributed by atoms with Crippen molar-refractivity contribution in [3.63, 3.8) is 0 Å². The van der Waals surface area contributed by atoms with Gasteiger partial charge in [-0.15, -0.1) is 0 Å². The van der Waals surface area contributed by atoms with E-state index in [9.17, 15) is 4.39 Å². The maximum Gasteiger partial charge on any atom is 0.684 e. The average molecular weight is 194 g/mol. The largest absolute Gasteiger partial charge is 0.684 e. The van der Waals surface area contributed by atoms with Crippen molar-refractivity contribution in [3.05, 3.63) is 30.1 Å². The van der Waals surface area contributed by atoms with Gasteiger partial charge in [-0.25, -0.2) is 4.39 Å². The molecule has 1 saturated heterocycles. The van der Waals surface area contributed by atoms with Crippen molar-refractivity contribution in [2.75, 3.05) is 0 Å². The summed E-state index contributed by atoms with van der Waals surface area (Å²) < 4.78 is 32.7. The number of para-hydroxylation sites is 1. The fourth-order valence-electron chi connectivity index (χ4n) is 1.00. The van der Waals surface area contributed by atoms with Crippen LogP contribution in [0.5, 0.6) is 5.75 Å². The van der Waals surface area contributed by atoms with Gasteiger partial charge in [0.1, 0.15) is 5.75 Å². The van der Waals surface area contributed by atoms with Crippen molar-refractivity contribution in [1.82, 2.24) is 0 Å². The highest BCUT2D eigenvalue weighted by molar-refractivity contribution is 6.57. The molecule has 0 aliphatic carbocycles. The lowest BCUT2D eigenvalue weighted by Crippen LogP contribution is -2.40. The van der Waals surface area contributed by atoms with Crippen molar-refractivity contribution in [3.8, 4) is 5.75 Å². The van der Waals surface area contributed by atoms with Crippen LogP contribution in [-0.4, -0.2) is 22.7 Å². The van der Waals surface area contributed by atoms with Crippen molar-refractivity contribution >= 4 is 22.7 Å². The first-order chi connectivity index (χ1) is 6.86. The first kappa shape index (κ1) is 9.57. The molecule has 0 aromatic heterocycles. The molecule has 0 saturated carbocycles. The summed E-state index contributed by atoms with van der Waals surface area (Å²) in [7, 11) is -0.737. The number of benzene rings is 1. The Kier molecular flexibility index (Phi) is 3.08. The summed E-state index contributed by atoms with van der Waals surface area (Å²) in [6.07, 6.45) is 0. The molecule has 14 heavy (non-hydrogen) atoms. The normalized spacial score (nSPS) is 15.6. The monoisotopic (exact) mass is 194 g/mol. The molecule has 1 aliphatic rings. The number of hydrogen-bond donors (Lipinski definition) is 0. The summed E-state index contributed by atoms with van der Waals surface area (Å²) in [4.78, 5) is 0. The first-order valence-electron chi connectivity index (χ1n) is 4.08. The van der Waals surface area contributed by atoms with Crippen LogP contribution in [0, 0.1) is 5.82 Å². The molecule has 0 atom stereocenters. The molecular formula is C6H6B3FO4. The Morgan fingerprint density at radius 1 is 1.21 bits per heavy atom. The van der Waals surface area contributed by atoms with Crippen LogP contribution in [0.4, 0.5) is 4.39 Å². The molecule has 2 rings (SSSR count). The molecule has 1 aromatic rings. The molecule has 0 unspecified atom stereocenters. The minimum atomic E-state index is -0.902. The molecule has 1 aromatic carbocycles. The second-order valence-electron chi connectivity index (χ2n) is 2.61. The Morgan fingerprint density at radius 2 is 1.93 bits per heavy atom. The number of hydrogen-bond acceptors (Lipinski definition) is 4. The van der Waals surface area contributed by atoms with Crippen molar-refractivity contribution in [2.45, 2.75) is 0 Å². The van der Waals surface area contributed by atoms with Gasteiger partial charge in [-0.3, -0.25) is 0 Å². The van der Waals surface area contributed by atoms with Crippen LogP contribution in [0.2, 0.25) is 0 Å². The third-order valence-corrected chi connectivity index (χ3v) is 1.63. The topological polar surface area (TPSA) is 36.9 Å². The Hall–Kier alpha value is -0.975. The Bertz CT molecular complexity index is 307. The highest BCUT2D eigenvalue weighted by Crippen LogP contribution is 2.16. The van der Waals surface area contributed by atoms with Gasteiger partial charge in [0.2, 0.25) is 0 Å². The zero-order chi connectivity index (χ0) is 9.80. The fourth-order valence-corrected chi connectivity index (χ4v) is 1.00. The highest BCUT2D eigenvalue weighted by atomic mass is 19.1. The van der Waals surface area contributed by atoms with Crippen LogP contribution in [0.25, 0.3) is 0 Å². The molecule has 0 radical (unpaired) electrons. The molecule has 1 heterocycles. The van der Waals surface area contributed by atoms with E-state index in [-0.39, 0.29) is 21.1 Å². The Balaban J connectivity index is 1.99. The van der Waals surface area contributed by atoms with E-state index in [2.05, 4.69) is 0 Å². The van der Waals surface area contributed by atoms with Crippen molar-refractivity contribution in [1.29, 1.82) is 0 Å². The van der Waals surface area contributed by atoms with Crippen molar-refractivity contribution < 1.29 is 22.8 Å². The van der Waals surface area contributed by atoms with E-state index in [0.717, 1.165) is 0 Å². The Labute approximate surface area is 82.1 Å². The van der Waals surface area contributed by atoms with Gasteiger partial charge < -0.3 is 18.4 Å². The minimum absolute atomic E-state index is 0.0825. The Morgan fingerprint density at radius 3 is 2.64 bits per heavy atom. The maximum absolute atomic E-state index is 13.1. The van der Waals surface area contributed by atoms with Gasteiger partial charge in [0.15, 0.2) is 5.82 Å². The predicted octanol–water partition coefficient (Wildman–Crippen LogP) is -0.214. The van der Waals surface area contributed by atoms with Gasteiger partial charge >= 0.3 is 22.7 Å². The second-order valence-corrected chi connectivity index (χ2v) is 2.61. The van der Waals surface area contributed by atoms with Gasteiger partial charge in [-0.05, 0) is 12.1 Å². The molecule has 0 bridgehead atoms. The SMILES string of the molecule is Fc1ccccc1OB1OBOBO1. The maximum atomic E-state index is 13.1. The summed E-state index contributed by atoms with van der Waals surface area (Å²) in [5, 5.41) is 0. The third kappa shape index (κ3) is 2.28. The summed E-state index contributed by atoms with van der Waals surface area (Å²) in [5.41, 5.74) is 0. The van der Waals surface area contributed by atoms with E-state index in [4.69, 9.17) is 18.4 Å². The zero-order valence-electron chi connectivity index (χ0n) is 7.31. The molecule has 0 N–H and O–H groups in total. The third-order valence-electron chi connectivity index (χ3n) is 1.63. The van der Waals surface area contributed by atoms with Crippen LogP contribution >= 0.6 is 0 Å². The van der Waals surface area contributed by atoms with Gasteiger partial charge in [0, 0.05) is 0 Å². The van der Waals surface area contributed by atoms with Gasteiger partial charge in [-0.2, -0.15) is 0 Å². The number of rotatable bonds is 2. The highest BCUT2D eigenvalue weighted by Gasteiger charge is 2.29. The quantitative estimate of drug-likeness (QED) is 0.609. The lowest BCUT2D eigenvalue weighted by molar-refractivity contribution is 0.246. The van der Waals surface area contributed by atoms with Gasteiger partial charge in [-0.1, -0.05) is 12.1 Å². The first-order valence-corrected chi connectivity index (χ1v) is 4.08. The molecule has 70 valence electrons. The molecule has 1 fully saturated rings. The second kappa shape index (κ2) is 4.50. The molecular weight excluding hydrogens is 187 g/mol. The standard InChI is InChI=1S/C6H6B3FO4/c10-5-3-1-2-4-6(5)11-9-13-7-12-8-14-9/h1-4,7-8H. The predicted molar refractivity (Wildman–Crippen MR) is 50.3 cm³/mol. The van der Waals surface area contributed by atoms with E-state index in [0.29, 0.717) is 0 Å².